The Labute approximate surface area is 150 Å². The van der Waals surface area contributed by atoms with E-state index >= 15 is 0 Å². The Hall–Kier alpha value is -1.18. The number of ether oxygens (including phenoxy) is 1. The van der Waals surface area contributed by atoms with Gasteiger partial charge in [0, 0.05) is 38.1 Å². The summed E-state index contributed by atoms with van der Waals surface area (Å²) in [5.41, 5.74) is 6.10. The van der Waals surface area contributed by atoms with Crippen LogP contribution < -0.4 is 11.1 Å². The summed E-state index contributed by atoms with van der Waals surface area (Å²) >= 11 is 0. The van der Waals surface area contributed by atoms with E-state index in [4.69, 9.17) is 10.5 Å². The van der Waals surface area contributed by atoms with Gasteiger partial charge in [-0.1, -0.05) is 6.92 Å². The molecule has 1 amide bonds. The van der Waals surface area contributed by atoms with E-state index in [1.807, 2.05) is 11.5 Å². The molecule has 3 N–H and O–H groups in total. The first-order chi connectivity index (χ1) is 11.2. The van der Waals surface area contributed by atoms with Crippen LogP contribution in [0.1, 0.15) is 45.4 Å². The number of hydrogen-bond acceptors (Lipinski definition) is 5. The van der Waals surface area contributed by atoms with Crippen LogP contribution in [0.3, 0.4) is 0 Å². The van der Waals surface area contributed by atoms with Crippen LogP contribution in [0.4, 0.5) is 0 Å². The van der Waals surface area contributed by atoms with Crippen molar-refractivity contribution in [2.75, 3.05) is 13.2 Å². The molecule has 0 spiro atoms. The van der Waals surface area contributed by atoms with E-state index in [9.17, 15) is 4.79 Å². The van der Waals surface area contributed by atoms with Crippen LogP contribution in [0.2, 0.25) is 0 Å². The number of amides is 1. The van der Waals surface area contributed by atoms with E-state index < -0.39 is 0 Å². The maximum atomic E-state index is 12.4. The molecule has 7 nitrogen and oxygen atoms in total. The summed E-state index contributed by atoms with van der Waals surface area (Å²) in [4.78, 5) is 12.4. The van der Waals surface area contributed by atoms with E-state index in [0.717, 1.165) is 38.1 Å². The van der Waals surface area contributed by atoms with Crippen molar-refractivity contribution in [2.24, 2.45) is 11.7 Å². The van der Waals surface area contributed by atoms with Crippen molar-refractivity contribution in [3.8, 4) is 0 Å². The van der Waals surface area contributed by atoms with Gasteiger partial charge in [-0.05, 0) is 32.6 Å². The van der Waals surface area contributed by atoms with Crippen LogP contribution in [0.15, 0.2) is 6.33 Å². The van der Waals surface area contributed by atoms with Crippen LogP contribution in [0, 0.1) is 5.92 Å². The molecule has 1 aromatic rings. The maximum Gasteiger partial charge on any atom is 0.223 e. The average Bonchev–Trinajstić information content (AvgIpc) is 3.01. The van der Waals surface area contributed by atoms with Crippen LogP contribution in [-0.2, 0) is 22.5 Å². The lowest BCUT2D eigenvalue weighted by Crippen LogP contribution is -2.46. The Bertz CT molecular complexity index is 497. The summed E-state index contributed by atoms with van der Waals surface area (Å²) in [6.45, 7) is 6.26. The summed E-state index contributed by atoms with van der Waals surface area (Å²) in [6.07, 6.45) is 5.79. The summed E-state index contributed by atoms with van der Waals surface area (Å²) in [6, 6.07) is 0.0497. The molecule has 0 radical (unpaired) electrons. The minimum Gasteiger partial charge on any atom is -0.377 e. The third-order valence-corrected chi connectivity index (χ3v) is 4.43. The molecule has 0 unspecified atom stereocenters. The SMILES string of the molecule is CCCO[C@@H]1C[C@@H](C(=O)NCCc2nncn2CC)CC[C@H]1N.Cl. The number of nitrogens with zero attached hydrogens (tertiary/aromatic N) is 3. The van der Waals surface area contributed by atoms with Gasteiger partial charge in [0.15, 0.2) is 0 Å². The summed E-state index contributed by atoms with van der Waals surface area (Å²) in [7, 11) is 0. The molecule has 0 aliphatic heterocycles. The summed E-state index contributed by atoms with van der Waals surface area (Å²) < 4.78 is 7.78. The minimum absolute atomic E-state index is 0. The molecule has 1 aliphatic carbocycles. The lowest BCUT2D eigenvalue weighted by molar-refractivity contribution is -0.128. The van der Waals surface area contributed by atoms with E-state index in [2.05, 4.69) is 22.4 Å². The molecule has 1 aliphatic rings. The average molecular weight is 360 g/mol. The number of hydrogen-bond donors (Lipinski definition) is 2. The van der Waals surface area contributed by atoms with Crippen LogP contribution in [0.25, 0.3) is 0 Å². The molecule has 1 heterocycles. The molecule has 1 fully saturated rings. The number of carbonyl (C=O) groups is 1. The Kier molecular flexibility index (Phi) is 9.25. The predicted octanol–water partition coefficient (Wildman–Crippen LogP) is 1.30. The van der Waals surface area contributed by atoms with Gasteiger partial charge in [-0.25, -0.2) is 0 Å². The van der Waals surface area contributed by atoms with Gasteiger partial charge in [0.2, 0.25) is 5.91 Å². The number of aryl methyl sites for hydroxylation is 1. The second-order valence-corrected chi connectivity index (χ2v) is 6.16. The molecule has 2 rings (SSSR count). The van der Waals surface area contributed by atoms with E-state index in [0.29, 0.717) is 19.6 Å². The van der Waals surface area contributed by atoms with Gasteiger partial charge in [0.05, 0.1) is 6.10 Å². The van der Waals surface area contributed by atoms with Crippen molar-refractivity contribution in [2.45, 2.75) is 64.6 Å². The highest BCUT2D eigenvalue weighted by atomic mass is 35.5. The number of rotatable bonds is 8. The number of aromatic nitrogens is 3. The lowest BCUT2D eigenvalue weighted by Gasteiger charge is -2.33. The Morgan fingerprint density at radius 1 is 1.46 bits per heavy atom. The van der Waals surface area contributed by atoms with Gasteiger partial charge in [-0.3, -0.25) is 4.79 Å². The van der Waals surface area contributed by atoms with E-state index in [1.54, 1.807) is 6.33 Å². The fraction of sp³-hybridized carbons (Fsp3) is 0.812. The number of nitrogens with one attached hydrogen (secondary N) is 1. The van der Waals surface area contributed by atoms with E-state index in [-0.39, 0.29) is 36.4 Å². The number of halogens is 1. The molecule has 3 atom stereocenters. The molecule has 24 heavy (non-hydrogen) atoms. The predicted molar refractivity (Wildman–Crippen MR) is 95.0 cm³/mol. The fourth-order valence-corrected chi connectivity index (χ4v) is 3.03. The largest absolute Gasteiger partial charge is 0.377 e. The third kappa shape index (κ3) is 5.72. The Morgan fingerprint density at radius 2 is 2.25 bits per heavy atom. The molecule has 0 saturated heterocycles. The first-order valence-corrected chi connectivity index (χ1v) is 8.67. The van der Waals surface area contributed by atoms with Crippen molar-refractivity contribution in [1.82, 2.24) is 20.1 Å². The highest BCUT2D eigenvalue weighted by Gasteiger charge is 2.32. The summed E-state index contributed by atoms with van der Waals surface area (Å²) in [5.74, 6) is 1.01. The monoisotopic (exact) mass is 359 g/mol. The molecule has 138 valence electrons. The maximum absolute atomic E-state index is 12.4. The van der Waals surface area contributed by atoms with Gasteiger partial charge >= 0.3 is 0 Å². The lowest BCUT2D eigenvalue weighted by atomic mass is 9.83. The molecular formula is C16H30ClN5O2. The number of carbonyl (C=O) groups excluding carboxylic acids is 1. The van der Waals surface area contributed by atoms with Gasteiger partial charge in [0.25, 0.3) is 0 Å². The van der Waals surface area contributed by atoms with Gasteiger partial charge in [-0.2, -0.15) is 0 Å². The zero-order valence-electron chi connectivity index (χ0n) is 14.6. The zero-order chi connectivity index (χ0) is 16.7. The first kappa shape index (κ1) is 20.9. The standard InChI is InChI=1S/C16H29N5O2.ClH/c1-3-9-23-14-10-12(5-6-13(14)17)16(22)18-8-7-15-20-19-11-21(15)4-2;/h11-14H,3-10,17H2,1-2H3,(H,18,22);1H/t12-,13+,14+;/m0./s1. The van der Waals surface area contributed by atoms with Crippen molar-refractivity contribution in [3.63, 3.8) is 0 Å². The van der Waals surface area contributed by atoms with Crippen molar-refractivity contribution in [3.05, 3.63) is 12.2 Å². The molecule has 8 heteroatoms. The molecule has 0 bridgehead atoms. The molecule has 1 saturated carbocycles. The Balaban J connectivity index is 0.00000288. The molecule has 1 aromatic heterocycles. The van der Waals surface area contributed by atoms with Gasteiger partial charge in [-0.15, -0.1) is 22.6 Å². The highest BCUT2D eigenvalue weighted by Crippen LogP contribution is 2.26. The van der Waals surface area contributed by atoms with Gasteiger partial charge < -0.3 is 20.4 Å². The van der Waals surface area contributed by atoms with Crippen LogP contribution in [-0.4, -0.2) is 46.0 Å². The number of nitrogens with two attached hydrogens (primary N) is 1. The van der Waals surface area contributed by atoms with Crippen molar-refractivity contribution < 1.29 is 9.53 Å². The topological polar surface area (TPSA) is 95.1 Å². The second-order valence-electron chi connectivity index (χ2n) is 6.16. The van der Waals surface area contributed by atoms with Crippen molar-refractivity contribution >= 4 is 18.3 Å². The van der Waals surface area contributed by atoms with E-state index in [1.165, 1.54) is 0 Å². The zero-order valence-corrected chi connectivity index (χ0v) is 15.4. The normalized spacial score (nSPS) is 23.5. The molecule has 0 aromatic carbocycles. The Morgan fingerprint density at radius 3 is 2.96 bits per heavy atom. The minimum atomic E-state index is 0. The fourth-order valence-electron chi connectivity index (χ4n) is 3.03. The molecular weight excluding hydrogens is 330 g/mol. The van der Waals surface area contributed by atoms with Crippen molar-refractivity contribution in [1.29, 1.82) is 0 Å². The van der Waals surface area contributed by atoms with Gasteiger partial charge in [0.1, 0.15) is 12.2 Å². The third-order valence-electron chi connectivity index (χ3n) is 4.43. The smallest absolute Gasteiger partial charge is 0.223 e. The quantitative estimate of drug-likeness (QED) is 0.729. The first-order valence-electron chi connectivity index (χ1n) is 8.67. The summed E-state index contributed by atoms with van der Waals surface area (Å²) in [5, 5.41) is 11.0. The van der Waals surface area contributed by atoms with Crippen LogP contribution >= 0.6 is 12.4 Å². The highest BCUT2D eigenvalue weighted by molar-refractivity contribution is 5.85. The van der Waals surface area contributed by atoms with Crippen LogP contribution in [0.5, 0.6) is 0 Å². The second kappa shape index (κ2) is 10.6.